The molecule has 6 nitrogen and oxygen atoms in total. The maximum Gasteiger partial charge on any atom is 0.237 e. The lowest BCUT2D eigenvalue weighted by molar-refractivity contribution is -0.605. The van der Waals surface area contributed by atoms with E-state index in [1.165, 1.54) is 20.8 Å². The van der Waals surface area contributed by atoms with Crippen LogP contribution < -0.4 is 0 Å². The first kappa shape index (κ1) is 9.67. The van der Waals surface area contributed by atoms with E-state index in [0.717, 1.165) is 0 Å². The summed E-state index contributed by atoms with van der Waals surface area (Å²) in [5.41, 5.74) is -0.950. The third-order valence-corrected chi connectivity index (χ3v) is 1.59. The van der Waals surface area contributed by atoms with Crippen molar-refractivity contribution in [2.24, 2.45) is 10.4 Å². The topological polar surface area (TPSA) is 91.2 Å². The molecule has 0 aliphatic carbocycles. The van der Waals surface area contributed by atoms with Crippen molar-refractivity contribution in [1.29, 1.82) is 0 Å². The molecule has 0 fully saturated rings. The molecule has 0 saturated carbocycles. The molecule has 6 heteroatoms. The average molecular weight is 161 g/mol. The molecule has 0 aliphatic heterocycles. The lowest BCUT2D eigenvalue weighted by Crippen LogP contribution is -2.39. The lowest BCUT2D eigenvalue weighted by atomic mass is 10.0. The highest BCUT2D eigenvalue weighted by molar-refractivity contribution is 5.88. The Hall–Kier alpha value is -1.33. The molecule has 0 bridgehead atoms. The summed E-state index contributed by atoms with van der Waals surface area (Å²) in [5, 5.41) is 32.4. The Kier molecular flexibility index (Phi) is 2.79. The van der Waals surface area contributed by atoms with Crippen LogP contribution in [0.2, 0.25) is 0 Å². The minimum Gasteiger partial charge on any atom is -0.597 e. The smallest absolute Gasteiger partial charge is 0.237 e. The highest BCUT2D eigenvalue weighted by Gasteiger charge is 2.33. The van der Waals surface area contributed by atoms with Crippen LogP contribution in [-0.2, 0) is 0 Å². The highest BCUT2D eigenvalue weighted by Crippen LogP contribution is 2.10. The average Bonchev–Trinajstić information content (AvgIpc) is 2.01. The number of hydrogen-bond acceptors (Lipinski definition) is 4. The molecular formula is C5H11N3O3. The van der Waals surface area contributed by atoms with E-state index < -0.39 is 5.54 Å². The van der Waals surface area contributed by atoms with Crippen molar-refractivity contribution in [3.8, 4) is 0 Å². The first-order valence-corrected chi connectivity index (χ1v) is 2.98. The first-order valence-electron chi connectivity index (χ1n) is 2.98. The standard InChI is InChI=1S/C5H11N3O3/c1-4(6-9)5(2,3)8(11)7-10/h9-10H,1-3H3/b6-4+,8-7-. The van der Waals surface area contributed by atoms with Crippen molar-refractivity contribution < 1.29 is 15.3 Å². The predicted molar refractivity (Wildman–Crippen MR) is 36.8 cm³/mol. The number of hydrogen-bond donors (Lipinski definition) is 2. The van der Waals surface area contributed by atoms with Crippen molar-refractivity contribution in [2.75, 3.05) is 0 Å². The van der Waals surface area contributed by atoms with Gasteiger partial charge in [-0.15, -0.1) is 0 Å². The van der Waals surface area contributed by atoms with Crippen molar-refractivity contribution >= 4 is 5.71 Å². The van der Waals surface area contributed by atoms with Crippen LogP contribution in [0.4, 0.5) is 0 Å². The second-order valence-electron chi connectivity index (χ2n) is 2.61. The van der Waals surface area contributed by atoms with E-state index in [1.807, 2.05) is 0 Å². The van der Waals surface area contributed by atoms with Gasteiger partial charge in [-0.25, -0.2) is 0 Å². The molecule has 0 unspecified atom stereocenters. The van der Waals surface area contributed by atoms with Crippen LogP contribution in [0.1, 0.15) is 20.8 Å². The van der Waals surface area contributed by atoms with Gasteiger partial charge in [-0.1, -0.05) is 5.16 Å². The highest BCUT2D eigenvalue weighted by atomic mass is 16.6. The Balaban J connectivity index is 4.73. The van der Waals surface area contributed by atoms with Crippen molar-refractivity contribution in [3.05, 3.63) is 5.21 Å². The molecule has 0 spiro atoms. The van der Waals surface area contributed by atoms with Gasteiger partial charge in [0.2, 0.25) is 5.54 Å². The molecule has 0 radical (unpaired) electrons. The fourth-order valence-corrected chi connectivity index (χ4v) is 0.373. The molecule has 11 heavy (non-hydrogen) atoms. The second-order valence-corrected chi connectivity index (χ2v) is 2.61. The van der Waals surface area contributed by atoms with Crippen LogP contribution in [0.15, 0.2) is 10.4 Å². The van der Waals surface area contributed by atoms with Crippen LogP contribution in [0.25, 0.3) is 0 Å². The van der Waals surface area contributed by atoms with E-state index in [0.29, 0.717) is 0 Å². The minimum absolute atomic E-state index is 0.0576. The Labute approximate surface area is 64.0 Å². The minimum atomic E-state index is -1.12. The molecule has 0 atom stereocenters. The molecule has 0 amide bonds. The maximum atomic E-state index is 10.7. The van der Waals surface area contributed by atoms with Crippen LogP contribution in [-0.4, -0.2) is 26.5 Å². The van der Waals surface area contributed by atoms with E-state index >= 15 is 0 Å². The van der Waals surface area contributed by atoms with Gasteiger partial charge in [0.25, 0.3) is 0 Å². The molecule has 0 rings (SSSR count). The Bertz CT molecular complexity index is 177. The van der Waals surface area contributed by atoms with Crippen LogP contribution in [0, 0.1) is 5.21 Å². The van der Waals surface area contributed by atoms with Gasteiger partial charge in [0.05, 0.1) is 0 Å². The van der Waals surface area contributed by atoms with Gasteiger partial charge in [0.15, 0.2) is 5.28 Å². The summed E-state index contributed by atoms with van der Waals surface area (Å²) in [6, 6.07) is 0. The van der Waals surface area contributed by atoms with Gasteiger partial charge < -0.3 is 15.6 Å². The van der Waals surface area contributed by atoms with Crippen molar-refractivity contribution in [2.45, 2.75) is 26.3 Å². The molecule has 2 N–H and O–H groups in total. The number of rotatable bonds is 2. The zero-order valence-corrected chi connectivity index (χ0v) is 6.64. The molecule has 0 aliphatic rings. The van der Waals surface area contributed by atoms with Gasteiger partial charge >= 0.3 is 0 Å². The zero-order valence-electron chi connectivity index (χ0n) is 6.64. The predicted octanol–water partition coefficient (Wildman–Crippen LogP) is 0.967. The fraction of sp³-hybridized carbons (Fsp3) is 0.800. The summed E-state index contributed by atoms with van der Waals surface area (Å²) in [4.78, 5) is 0.0576. The van der Waals surface area contributed by atoms with E-state index in [-0.39, 0.29) is 10.6 Å². The summed E-state index contributed by atoms with van der Waals surface area (Å²) in [6.07, 6.45) is 0. The largest absolute Gasteiger partial charge is 0.597 e. The maximum absolute atomic E-state index is 10.7. The molecule has 0 heterocycles. The summed E-state index contributed by atoms with van der Waals surface area (Å²) in [7, 11) is 0. The van der Waals surface area contributed by atoms with Crippen molar-refractivity contribution in [1.82, 2.24) is 0 Å². The third-order valence-electron chi connectivity index (χ3n) is 1.59. The number of hydroxylamine groups is 1. The summed E-state index contributed by atoms with van der Waals surface area (Å²) in [6.45, 7) is 4.39. The van der Waals surface area contributed by atoms with Gasteiger partial charge in [-0.3, -0.25) is 0 Å². The Morgan fingerprint density at radius 1 is 1.45 bits per heavy atom. The number of nitrogens with zero attached hydrogens (tertiary/aromatic N) is 3. The SMILES string of the molecule is C/C(=N\O)C(C)(C)/[N+]([O-])=N/O. The van der Waals surface area contributed by atoms with Crippen LogP contribution in [0.3, 0.4) is 0 Å². The lowest BCUT2D eigenvalue weighted by Gasteiger charge is -2.17. The summed E-state index contributed by atoms with van der Waals surface area (Å²) < 4.78 is 0. The first-order chi connectivity index (χ1) is 4.96. The van der Waals surface area contributed by atoms with E-state index in [9.17, 15) is 5.21 Å². The summed E-state index contributed by atoms with van der Waals surface area (Å²) in [5.74, 6) is 0. The quantitative estimate of drug-likeness (QED) is 0.208. The van der Waals surface area contributed by atoms with Crippen LogP contribution >= 0.6 is 0 Å². The molecule has 0 saturated heterocycles. The van der Waals surface area contributed by atoms with Crippen LogP contribution in [0.5, 0.6) is 0 Å². The second kappa shape index (κ2) is 3.18. The fourth-order valence-electron chi connectivity index (χ4n) is 0.373. The molecule has 64 valence electrons. The molecule has 0 aromatic carbocycles. The Morgan fingerprint density at radius 3 is 2.18 bits per heavy atom. The van der Waals surface area contributed by atoms with E-state index in [2.05, 4.69) is 10.4 Å². The monoisotopic (exact) mass is 161 g/mol. The van der Waals surface area contributed by atoms with Gasteiger partial charge in [-0.05, 0) is 11.8 Å². The molecule has 0 aromatic rings. The van der Waals surface area contributed by atoms with E-state index in [4.69, 9.17) is 10.4 Å². The Morgan fingerprint density at radius 2 is 1.91 bits per heavy atom. The summed E-state index contributed by atoms with van der Waals surface area (Å²) >= 11 is 0. The van der Waals surface area contributed by atoms with Gasteiger partial charge in [-0.2, -0.15) is 0 Å². The molecular weight excluding hydrogens is 150 g/mol. The molecule has 0 aromatic heterocycles. The number of oxime groups is 1. The van der Waals surface area contributed by atoms with Gasteiger partial charge in [0.1, 0.15) is 5.71 Å². The third kappa shape index (κ3) is 1.79. The normalized spacial score (nSPS) is 15.2. The van der Waals surface area contributed by atoms with Gasteiger partial charge in [0, 0.05) is 13.8 Å². The zero-order chi connectivity index (χ0) is 9.07. The van der Waals surface area contributed by atoms with Crippen molar-refractivity contribution in [3.63, 3.8) is 0 Å². The van der Waals surface area contributed by atoms with E-state index in [1.54, 1.807) is 0 Å².